The number of anilines is 1. The summed E-state index contributed by atoms with van der Waals surface area (Å²) in [4.78, 5) is 17.6. The van der Waals surface area contributed by atoms with Gasteiger partial charge in [-0.25, -0.2) is 0 Å². The van der Waals surface area contributed by atoms with Gasteiger partial charge < -0.3 is 10.6 Å². The zero-order chi connectivity index (χ0) is 15.3. The lowest BCUT2D eigenvalue weighted by atomic mass is 10.0. The van der Waals surface area contributed by atoms with Crippen molar-refractivity contribution in [2.24, 2.45) is 0 Å². The fraction of sp³-hybridized carbons (Fsp3) is 0.438. The molecule has 0 spiro atoms. The summed E-state index contributed by atoms with van der Waals surface area (Å²) in [6.45, 7) is 6.46. The molecule has 2 N–H and O–H groups in total. The van der Waals surface area contributed by atoms with Crippen molar-refractivity contribution < 1.29 is 4.79 Å². The average Bonchev–Trinajstić information content (AvgIpc) is 3.13. The minimum atomic E-state index is -0.0960. The number of carbonyl (C=O) groups is 1. The summed E-state index contributed by atoms with van der Waals surface area (Å²) in [5, 5.41) is 9.69. The van der Waals surface area contributed by atoms with Gasteiger partial charge in [0, 0.05) is 28.9 Å². The fourth-order valence-electron chi connectivity index (χ4n) is 3.17. The Balaban J connectivity index is 1.67. The first-order valence-corrected chi connectivity index (χ1v) is 9.32. The zero-order valence-electron chi connectivity index (χ0n) is 12.7. The van der Waals surface area contributed by atoms with Gasteiger partial charge in [-0.05, 0) is 37.3 Å². The second-order valence-corrected chi connectivity index (χ2v) is 8.17. The number of nitrogens with zero attached hydrogens (tertiary/aromatic N) is 1. The molecule has 22 heavy (non-hydrogen) atoms. The Morgan fingerprint density at radius 1 is 1.36 bits per heavy atom. The lowest BCUT2D eigenvalue weighted by Gasteiger charge is -2.30. The molecule has 2 aliphatic heterocycles. The SMILES string of the molecule is CC(C)N1CCc2c(sc3c2C(=O)NC(c2cccs2)N3)C1. The molecule has 116 valence electrons. The lowest BCUT2D eigenvalue weighted by Crippen LogP contribution is -2.39. The van der Waals surface area contributed by atoms with E-state index in [4.69, 9.17) is 0 Å². The van der Waals surface area contributed by atoms with Crippen LogP contribution in [0, 0.1) is 0 Å². The van der Waals surface area contributed by atoms with Crippen LogP contribution in [0.4, 0.5) is 5.00 Å². The molecule has 1 atom stereocenters. The summed E-state index contributed by atoms with van der Waals surface area (Å²) in [6.07, 6.45) is 0.874. The number of thiophene rings is 2. The van der Waals surface area contributed by atoms with Gasteiger partial charge in [-0.2, -0.15) is 0 Å². The lowest BCUT2D eigenvalue weighted by molar-refractivity contribution is 0.0935. The highest BCUT2D eigenvalue weighted by molar-refractivity contribution is 7.16. The topological polar surface area (TPSA) is 44.4 Å². The van der Waals surface area contributed by atoms with E-state index in [0.29, 0.717) is 6.04 Å². The summed E-state index contributed by atoms with van der Waals surface area (Å²) in [5.41, 5.74) is 2.14. The largest absolute Gasteiger partial charge is 0.352 e. The van der Waals surface area contributed by atoms with Gasteiger partial charge in [-0.1, -0.05) is 6.07 Å². The molecular formula is C16H19N3OS2. The molecule has 1 amide bonds. The minimum absolute atomic E-state index is 0.0719. The molecule has 0 aromatic carbocycles. The van der Waals surface area contributed by atoms with Crippen molar-refractivity contribution in [3.05, 3.63) is 38.4 Å². The smallest absolute Gasteiger partial charge is 0.256 e. The number of hydrogen-bond acceptors (Lipinski definition) is 5. The van der Waals surface area contributed by atoms with E-state index in [1.807, 2.05) is 11.4 Å². The molecule has 0 saturated carbocycles. The van der Waals surface area contributed by atoms with Crippen molar-refractivity contribution in [1.29, 1.82) is 0 Å². The number of amides is 1. The van der Waals surface area contributed by atoms with Crippen LogP contribution >= 0.6 is 22.7 Å². The molecule has 1 unspecified atom stereocenters. The molecule has 0 radical (unpaired) electrons. The zero-order valence-corrected chi connectivity index (χ0v) is 14.3. The number of carbonyl (C=O) groups excluding carboxylic acids is 1. The predicted molar refractivity (Wildman–Crippen MR) is 91.7 cm³/mol. The third-order valence-electron chi connectivity index (χ3n) is 4.42. The first kappa shape index (κ1) is 14.2. The second kappa shape index (κ2) is 5.37. The third-order valence-corrected chi connectivity index (χ3v) is 6.51. The molecule has 2 aromatic heterocycles. The summed E-state index contributed by atoms with van der Waals surface area (Å²) in [5.74, 6) is 0.0719. The van der Waals surface area contributed by atoms with Crippen LogP contribution in [0.3, 0.4) is 0 Å². The van der Waals surface area contributed by atoms with Crippen molar-refractivity contribution in [2.75, 3.05) is 11.9 Å². The van der Waals surface area contributed by atoms with Crippen molar-refractivity contribution in [3.8, 4) is 0 Å². The maximum atomic E-state index is 12.6. The first-order chi connectivity index (χ1) is 10.6. The van der Waals surface area contributed by atoms with Crippen LogP contribution in [0.5, 0.6) is 0 Å². The van der Waals surface area contributed by atoms with Gasteiger partial charge >= 0.3 is 0 Å². The van der Waals surface area contributed by atoms with E-state index in [1.165, 1.54) is 10.4 Å². The highest BCUT2D eigenvalue weighted by Gasteiger charge is 2.33. The number of rotatable bonds is 2. The molecular weight excluding hydrogens is 314 g/mol. The van der Waals surface area contributed by atoms with E-state index in [-0.39, 0.29) is 12.1 Å². The summed E-state index contributed by atoms with van der Waals surface area (Å²) in [7, 11) is 0. The highest BCUT2D eigenvalue weighted by Crippen LogP contribution is 2.41. The van der Waals surface area contributed by atoms with E-state index >= 15 is 0 Å². The van der Waals surface area contributed by atoms with Gasteiger partial charge in [0.05, 0.1) is 5.56 Å². The Bertz CT molecular complexity index is 705. The molecule has 2 aromatic rings. The monoisotopic (exact) mass is 333 g/mol. The number of fused-ring (bicyclic) bond motifs is 3. The van der Waals surface area contributed by atoms with Crippen molar-refractivity contribution >= 4 is 33.6 Å². The van der Waals surface area contributed by atoms with E-state index in [0.717, 1.165) is 35.0 Å². The van der Waals surface area contributed by atoms with E-state index in [2.05, 4.69) is 35.4 Å². The van der Waals surface area contributed by atoms with Gasteiger partial charge in [0.1, 0.15) is 11.2 Å². The molecule has 0 bridgehead atoms. The second-order valence-electron chi connectivity index (χ2n) is 6.09. The van der Waals surface area contributed by atoms with Crippen LogP contribution in [-0.2, 0) is 13.0 Å². The Hall–Kier alpha value is -1.37. The number of hydrogen-bond donors (Lipinski definition) is 2. The van der Waals surface area contributed by atoms with Gasteiger partial charge in [0.25, 0.3) is 5.91 Å². The van der Waals surface area contributed by atoms with Crippen molar-refractivity contribution in [2.45, 2.75) is 39.0 Å². The Morgan fingerprint density at radius 2 is 2.23 bits per heavy atom. The standard InChI is InChI=1S/C16H19N3OS2/c1-9(2)19-6-5-10-12(8-19)22-16-13(10)15(20)17-14(18-16)11-4-3-7-21-11/h3-4,7,9,14,18H,5-6,8H2,1-2H3,(H,17,20). The van der Waals surface area contributed by atoms with Crippen molar-refractivity contribution in [3.63, 3.8) is 0 Å². The molecule has 4 nitrogen and oxygen atoms in total. The van der Waals surface area contributed by atoms with Gasteiger partial charge in [-0.3, -0.25) is 9.69 Å². The fourth-order valence-corrected chi connectivity index (χ4v) is 5.20. The Morgan fingerprint density at radius 3 is 2.95 bits per heavy atom. The summed E-state index contributed by atoms with van der Waals surface area (Å²) in [6, 6.07) is 4.62. The van der Waals surface area contributed by atoms with Crippen LogP contribution in [0.15, 0.2) is 17.5 Å². The van der Waals surface area contributed by atoms with Gasteiger partial charge in [-0.15, -0.1) is 22.7 Å². The average molecular weight is 333 g/mol. The summed E-state index contributed by atoms with van der Waals surface area (Å²) >= 11 is 3.42. The minimum Gasteiger partial charge on any atom is -0.352 e. The normalized spacial score (nSPS) is 21.2. The van der Waals surface area contributed by atoms with Crippen molar-refractivity contribution in [1.82, 2.24) is 10.2 Å². The van der Waals surface area contributed by atoms with Crippen LogP contribution in [-0.4, -0.2) is 23.4 Å². The van der Waals surface area contributed by atoms with Crippen LogP contribution in [0.1, 0.15) is 45.7 Å². The maximum absolute atomic E-state index is 12.6. The van der Waals surface area contributed by atoms with Crippen LogP contribution < -0.4 is 10.6 Å². The third kappa shape index (κ3) is 2.26. The molecule has 6 heteroatoms. The summed E-state index contributed by atoms with van der Waals surface area (Å²) < 4.78 is 0. The molecule has 0 fully saturated rings. The first-order valence-electron chi connectivity index (χ1n) is 7.63. The maximum Gasteiger partial charge on any atom is 0.256 e. The molecule has 0 saturated heterocycles. The van der Waals surface area contributed by atoms with Gasteiger partial charge in [0.2, 0.25) is 0 Å². The van der Waals surface area contributed by atoms with E-state index in [9.17, 15) is 4.79 Å². The molecule has 4 rings (SSSR count). The molecule has 0 aliphatic carbocycles. The van der Waals surface area contributed by atoms with E-state index in [1.54, 1.807) is 22.7 Å². The number of nitrogens with one attached hydrogen (secondary N) is 2. The van der Waals surface area contributed by atoms with Gasteiger partial charge in [0.15, 0.2) is 0 Å². The Labute approximate surface area is 138 Å². The molecule has 4 heterocycles. The highest BCUT2D eigenvalue weighted by atomic mass is 32.1. The van der Waals surface area contributed by atoms with E-state index < -0.39 is 0 Å². The Kier molecular flexibility index (Phi) is 3.47. The quantitative estimate of drug-likeness (QED) is 0.885. The van der Waals surface area contributed by atoms with Crippen LogP contribution in [0.25, 0.3) is 0 Å². The van der Waals surface area contributed by atoms with Crippen LogP contribution in [0.2, 0.25) is 0 Å². The molecule has 2 aliphatic rings. The predicted octanol–water partition coefficient (Wildman–Crippen LogP) is 3.43.